The molecule has 2 aromatic heterocycles. The third-order valence-corrected chi connectivity index (χ3v) is 5.46. The zero-order valence-electron chi connectivity index (χ0n) is 17.8. The van der Waals surface area contributed by atoms with E-state index in [1.807, 2.05) is 30.3 Å². The molecule has 0 atom stereocenters. The van der Waals surface area contributed by atoms with Crippen LogP contribution in [0.1, 0.15) is 11.3 Å². The van der Waals surface area contributed by atoms with Gasteiger partial charge in [-0.25, -0.2) is 13.2 Å². The van der Waals surface area contributed by atoms with Crippen molar-refractivity contribution < 1.29 is 18.0 Å². The van der Waals surface area contributed by atoms with Crippen LogP contribution in [0, 0.1) is 17.5 Å². The first-order chi connectivity index (χ1) is 16.5. The second kappa shape index (κ2) is 8.86. The molecule has 0 bridgehead atoms. The number of aromatic nitrogens is 2. The SMILES string of the molecule is O=C(/C=C/c1ccc(F)cc1)NCc1cc2c3ccccc3n(-c3cc(F)cc(F)c3)c2cn1. The highest BCUT2D eigenvalue weighted by Crippen LogP contribution is 2.32. The summed E-state index contributed by atoms with van der Waals surface area (Å²) < 4.78 is 42.6. The van der Waals surface area contributed by atoms with Crippen molar-refractivity contribution in [3.05, 3.63) is 114 Å². The van der Waals surface area contributed by atoms with Gasteiger partial charge in [-0.05, 0) is 48.0 Å². The van der Waals surface area contributed by atoms with Gasteiger partial charge in [-0.15, -0.1) is 0 Å². The maximum Gasteiger partial charge on any atom is 0.244 e. The van der Waals surface area contributed by atoms with Gasteiger partial charge in [0.2, 0.25) is 5.91 Å². The Morgan fingerprint density at radius 3 is 2.35 bits per heavy atom. The lowest BCUT2D eigenvalue weighted by Crippen LogP contribution is -2.20. The number of nitrogens with one attached hydrogen (secondary N) is 1. The van der Waals surface area contributed by atoms with E-state index in [0.29, 0.717) is 22.5 Å². The molecule has 0 aliphatic heterocycles. The number of amides is 1. The van der Waals surface area contributed by atoms with Crippen molar-refractivity contribution >= 4 is 33.8 Å². The minimum Gasteiger partial charge on any atom is -0.347 e. The zero-order chi connectivity index (χ0) is 23.7. The van der Waals surface area contributed by atoms with Gasteiger partial charge in [0.1, 0.15) is 17.5 Å². The molecule has 0 unspecified atom stereocenters. The number of hydrogen-bond donors (Lipinski definition) is 1. The first kappa shape index (κ1) is 21.5. The lowest BCUT2D eigenvalue weighted by molar-refractivity contribution is -0.116. The lowest BCUT2D eigenvalue weighted by Gasteiger charge is -2.08. The Morgan fingerprint density at radius 2 is 1.59 bits per heavy atom. The molecule has 0 aliphatic rings. The first-order valence-corrected chi connectivity index (χ1v) is 10.5. The number of rotatable bonds is 5. The molecule has 168 valence electrons. The molecule has 0 radical (unpaired) electrons. The number of para-hydroxylation sites is 1. The molecule has 1 N–H and O–H groups in total. The standard InChI is InChI=1S/C27H18F3N3O/c28-18-8-5-17(6-9-18)7-10-27(34)32-15-21-14-24-23-3-1-2-4-25(23)33(26(24)16-31-21)22-12-19(29)11-20(30)13-22/h1-14,16H,15H2,(H,32,34)/b10-7+. The molecule has 4 nitrogen and oxygen atoms in total. The lowest BCUT2D eigenvalue weighted by atomic mass is 10.1. The normalized spacial score (nSPS) is 11.5. The van der Waals surface area contributed by atoms with E-state index in [2.05, 4.69) is 10.3 Å². The molecule has 5 aromatic rings. The van der Waals surface area contributed by atoms with Crippen LogP contribution in [-0.4, -0.2) is 15.5 Å². The Kier molecular flexibility index (Phi) is 5.59. The van der Waals surface area contributed by atoms with E-state index >= 15 is 0 Å². The van der Waals surface area contributed by atoms with Crippen LogP contribution in [0.2, 0.25) is 0 Å². The number of benzene rings is 3. The fourth-order valence-corrected chi connectivity index (χ4v) is 3.94. The summed E-state index contributed by atoms with van der Waals surface area (Å²) in [6, 6.07) is 18.6. The quantitative estimate of drug-likeness (QED) is 0.333. The number of carbonyl (C=O) groups is 1. The van der Waals surface area contributed by atoms with Crippen LogP contribution >= 0.6 is 0 Å². The first-order valence-electron chi connectivity index (χ1n) is 10.5. The average molecular weight is 457 g/mol. The third kappa shape index (κ3) is 4.28. The van der Waals surface area contributed by atoms with Crippen molar-refractivity contribution in [1.29, 1.82) is 0 Å². The molecule has 0 saturated carbocycles. The Balaban J connectivity index is 1.44. The number of nitrogens with zero attached hydrogens (tertiary/aromatic N) is 2. The molecule has 7 heteroatoms. The number of carbonyl (C=O) groups excluding carboxylic acids is 1. The van der Waals surface area contributed by atoms with Gasteiger partial charge in [0, 0.05) is 22.9 Å². The van der Waals surface area contributed by atoms with E-state index in [0.717, 1.165) is 22.4 Å². The maximum absolute atomic E-state index is 13.9. The Morgan fingerprint density at radius 1 is 0.853 bits per heavy atom. The number of halogens is 3. The fourth-order valence-electron chi connectivity index (χ4n) is 3.94. The minimum absolute atomic E-state index is 0.191. The van der Waals surface area contributed by atoms with Crippen LogP contribution < -0.4 is 5.32 Å². The van der Waals surface area contributed by atoms with Gasteiger partial charge in [0.25, 0.3) is 0 Å². The molecule has 0 saturated heterocycles. The largest absolute Gasteiger partial charge is 0.347 e. The van der Waals surface area contributed by atoms with E-state index in [4.69, 9.17) is 0 Å². The van der Waals surface area contributed by atoms with Gasteiger partial charge in [0.05, 0.1) is 35.2 Å². The summed E-state index contributed by atoms with van der Waals surface area (Å²) in [7, 11) is 0. The second-order valence-electron chi connectivity index (χ2n) is 7.78. The minimum atomic E-state index is -0.665. The monoisotopic (exact) mass is 457 g/mol. The van der Waals surface area contributed by atoms with Crippen molar-refractivity contribution in [2.24, 2.45) is 0 Å². The molecule has 5 rings (SSSR count). The van der Waals surface area contributed by atoms with E-state index < -0.39 is 11.6 Å². The smallest absolute Gasteiger partial charge is 0.244 e. The van der Waals surface area contributed by atoms with Gasteiger partial charge in [-0.3, -0.25) is 9.78 Å². The van der Waals surface area contributed by atoms with Crippen molar-refractivity contribution in [3.8, 4) is 5.69 Å². The van der Waals surface area contributed by atoms with Crippen molar-refractivity contribution in [2.45, 2.75) is 6.54 Å². The summed E-state index contributed by atoms with van der Waals surface area (Å²) in [6.45, 7) is 0.191. The predicted molar refractivity (Wildman–Crippen MR) is 126 cm³/mol. The van der Waals surface area contributed by atoms with Crippen LogP contribution in [0.4, 0.5) is 13.2 Å². The summed E-state index contributed by atoms with van der Waals surface area (Å²) in [6.07, 6.45) is 4.60. The fraction of sp³-hybridized carbons (Fsp3) is 0.0370. The van der Waals surface area contributed by atoms with E-state index in [-0.39, 0.29) is 18.3 Å². The van der Waals surface area contributed by atoms with Gasteiger partial charge in [-0.2, -0.15) is 0 Å². The molecule has 2 heterocycles. The van der Waals surface area contributed by atoms with Crippen LogP contribution in [0.5, 0.6) is 0 Å². The highest BCUT2D eigenvalue weighted by atomic mass is 19.1. The van der Waals surface area contributed by atoms with E-state index in [1.54, 1.807) is 29.0 Å². The van der Waals surface area contributed by atoms with Gasteiger partial charge < -0.3 is 9.88 Å². The summed E-state index contributed by atoms with van der Waals surface area (Å²) in [5.41, 5.74) is 3.17. The second-order valence-corrected chi connectivity index (χ2v) is 7.78. The summed E-state index contributed by atoms with van der Waals surface area (Å²) in [5, 5.41) is 4.52. The van der Waals surface area contributed by atoms with Crippen LogP contribution in [0.3, 0.4) is 0 Å². The molecule has 0 spiro atoms. The molecule has 1 amide bonds. The maximum atomic E-state index is 13.9. The third-order valence-electron chi connectivity index (χ3n) is 5.46. The van der Waals surface area contributed by atoms with E-state index in [9.17, 15) is 18.0 Å². The van der Waals surface area contributed by atoms with Crippen LogP contribution in [0.25, 0.3) is 33.6 Å². The van der Waals surface area contributed by atoms with Gasteiger partial charge in [-0.1, -0.05) is 30.3 Å². The summed E-state index contributed by atoms with van der Waals surface area (Å²) >= 11 is 0. The Bertz CT molecular complexity index is 1540. The highest BCUT2D eigenvalue weighted by molar-refractivity contribution is 6.09. The molecule has 0 fully saturated rings. The predicted octanol–water partition coefficient (Wildman–Crippen LogP) is 5.93. The van der Waals surface area contributed by atoms with Crippen LogP contribution in [-0.2, 0) is 11.3 Å². The van der Waals surface area contributed by atoms with Crippen molar-refractivity contribution in [1.82, 2.24) is 14.9 Å². The summed E-state index contributed by atoms with van der Waals surface area (Å²) in [4.78, 5) is 16.7. The highest BCUT2D eigenvalue weighted by Gasteiger charge is 2.14. The Hall–Kier alpha value is -4.39. The molecular weight excluding hydrogens is 439 g/mol. The average Bonchev–Trinajstić information content (AvgIpc) is 3.15. The number of pyridine rings is 1. The zero-order valence-corrected chi connectivity index (χ0v) is 17.8. The van der Waals surface area contributed by atoms with Crippen molar-refractivity contribution in [3.63, 3.8) is 0 Å². The van der Waals surface area contributed by atoms with Gasteiger partial charge >= 0.3 is 0 Å². The molecular formula is C27H18F3N3O. The van der Waals surface area contributed by atoms with Crippen molar-refractivity contribution in [2.75, 3.05) is 0 Å². The van der Waals surface area contributed by atoms with Crippen LogP contribution in [0.15, 0.2) is 85.1 Å². The molecule has 34 heavy (non-hydrogen) atoms. The molecule has 0 aliphatic carbocycles. The molecule has 3 aromatic carbocycles. The number of hydrogen-bond acceptors (Lipinski definition) is 2. The summed E-state index contributed by atoms with van der Waals surface area (Å²) in [5.74, 6) is -1.99. The number of fused-ring (bicyclic) bond motifs is 3. The van der Waals surface area contributed by atoms with E-state index in [1.165, 1.54) is 30.3 Å². The van der Waals surface area contributed by atoms with Gasteiger partial charge in [0.15, 0.2) is 0 Å². The topological polar surface area (TPSA) is 46.9 Å². The Labute approximate surface area is 193 Å².